The molecule has 3 rings (SSSR count). The van der Waals surface area contributed by atoms with Crippen LogP contribution >= 0.6 is 11.8 Å². The van der Waals surface area contributed by atoms with Crippen molar-refractivity contribution in [2.24, 2.45) is 0 Å². The van der Waals surface area contributed by atoms with E-state index in [-0.39, 0.29) is 0 Å². The molecule has 0 amide bonds. The number of nitrogens with one attached hydrogen (secondary N) is 1. The van der Waals surface area contributed by atoms with Crippen LogP contribution in [-0.2, 0) is 6.54 Å². The first-order valence-electron chi connectivity index (χ1n) is 6.85. The number of anilines is 1. The zero-order valence-corrected chi connectivity index (χ0v) is 11.8. The van der Waals surface area contributed by atoms with Gasteiger partial charge in [0.1, 0.15) is 5.82 Å². The highest BCUT2D eigenvalue weighted by Crippen LogP contribution is 2.22. The predicted molar refractivity (Wildman–Crippen MR) is 78.4 cm³/mol. The molecule has 0 atom stereocenters. The topological polar surface area (TPSA) is 28.2 Å². The summed E-state index contributed by atoms with van der Waals surface area (Å²) in [7, 11) is 0. The van der Waals surface area contributed by atoms with Crippen molar-refractivity contribution >= 4 is 17.6 Å². The van der Waals surface area contributed by atoms with E-state index in [2.05, 4.69) is 34.3 Å². The molecule has 0 radical (unpaired) electrons. The van der Waals surface area contributed by atoms with E-state index in [1.54, 1.807) is 0 Å². The van der Waals surface area contributed by atoms with E-state index in [4.69, 9.17) is 0 Å². The summed E-state index contributed by atoms with van der Waals surface area (Å²) < 4.78 is 0. The van der Waals surface area contributed by atoms with Crippen LogP contribution in [0, 0.1) is 6.92 Å². The lowest BCUT2D eigenvalue weighted by atomic mass is 10.2. The van der Waals surface area contributed by atoms with Crippen molar-refractivity contribution in [2.75, 3.05) is 29.5 Å². The third-order valence-corrected chi connectivity index (χ3v) is 4.45. The van der Waals surface area contributed by atoms with Crippen LogP contribution in [0.1, 0.15) is 24.1 Å². The maximum Gasteiger partial charge on any atom is 0.129 e. The molecule has 98 valence electrons. The molecule has 1 saturated carbocycles. The third-order valence-electron chi connectivity index (χ3n) is 3.51. The van der Waals surface area contributed by atoms with Gasteiger partial charge in [-0.15, -0.1) is 0 Å². The molecule has 0 aromatic carbocycles. The highest BCUT2D eigenvalue weighted by atomic mass is 32.2. The Kier molecular flexibility index (Phi) is 3.75. The minimum absolute atomic E-state index is 0.772. The second-order valence-electron chi connectivity index (χ2n) is 5.23. The number of hydrogen-bond acceptors (Lipinski definition) is 4. The molecule has 1 aliphatic carbocycles. The lowest BCUT2D eigenvalue weighted by Crippen LogP contribution is -2.33. The Hall–Kier alpha value is -0.740. The zero-order chi connectivity index (χ0) is 12.4. The monoisotopic (exact) mass is 263 g/mol. The van der Waals surface area contributed by atoms with Crippen molar-refractivity contribution in [3.63, 3.8) is 0 Å². The van der Waals surface area contributed by atoms with E-state index in [9.17, 15) is 0 Å². The first-order valence-corrected chi connectivity index (χ1v) is 8.00. The number of thioether (sulfide) groups is 1. The molecule has 1 N–H and O–H groups in total. The van der Waals surface area contributed by atoms with Crippen molar-refractivity contribution in [3.05, 3.63) is 23.4 Å². The van der Waals surface area contributed by atoms with E-state index in [0.29, 0.717) is 0 Å². The van der Waals surface area contributed by atoms with Crippen molar-refractivity contribution in [2.45, 2.75) is 32.4 Å². The van der Waals surface area contributed by atoms with Crippen LogP contribution in [0.5, 0.6) is 0 Å². The maximum atomic E-state index is 4.69. The molecule has 2 aliphatic rings. The van der Waals surface area contributed by atoms with Gasteiger partial charge in [0.2, 0.25) is 0 Å². The zero-order valence-electron chi connectivity index (χ0n) is 11.0. The molecular formula is C14H21N3S. The van der Waals surface area contributed by atoms with Crippen LogP contribution in [0.4, 0.5) is 5.82 Å². The Morgan fingerprint density at radius 1 is 1.33 bits per heavy atom. The van der Waals surface area contributed by atoms with E-state index in [1.165, 1.54) is 35.7 Å². The average molecular weight is 263 g/mol. The molecule has 4 heteroatoms. The summed E-state index contributed by atoms with van der Waals surface area (Å²) in [5.41, 5.74) is 2.51. The predicted octanol–water partition coefficient (Wildman–Crippen LogP) is 2.20. The van der Waals surface area contributed by atoms with Gasteiger partial charge < -0.3 is 10.2 Å². The summed E-state index contributed by atoms with van der Waals surface area (Å²) in [5, 5.41) is 3.58. The van der Waals surface area contributed by atoms with Gasteiger partial charge in [-0.05, 0) is 37.5 Å². The summed E-state index contributed by atoms with van der Waals surface area (Å²) in [5.74, 6) is 3.62. The van der Waals surface area contributed by atoms with Crippen LogP contribution in [0.15, 0.2) is 12.1 Å². The number of pyridine rings is 1. The molecule has 18 heavy (non-hydrogen) atoms. The van der Waals surface area contributed by atoms with Gasteiger partial charge in [0.15, 0.2) is 0 Å². The second kappa shape index (κ2) is 5.49. The Morgan fingerprint density at radius 3 is 2.83 bits per heavy atom. The molecule has 0 spiro atoms. The van der Waals surface area contributed by atoms with Crippen molar-refractivity contribution < 1.29 is 0 Å². The summed E-state index contributed by atoms with van der Waals surface area (Å²) in [4.78, 5) is 7.11. The number of rotatable bonds is 4. The van der Waals surface area contributed by atoms with Gasteiger partial charge in [-0.3, -0.25) is 0 Å². The third kappa shape index (κ3) is 3.18. The lowest BCUT2D eigenvalue weighted by molar-refractivity contribution is 0.685. The Bertz CT molecular complexity index is 412. The molecule has 2 heterocycles. The van der Waals surface area contributed by atoms with Gasteiger partial charge in [0, 0.05) is 42.9 Å². The van der Waals surface area contributed by atoms with Crippen molar-refractivity contribution in [1.82, 2.24) is 10.3 Å². The SMILES string of the molecule is Cc1cc(CNC2CC2)cc(N2CCSCC2)n1. The first-order chi connectivity index (χ1) is 8.81. The summed E-state index contributed by atoms with van der Waals surface area (Å²) >= 11 is 2.04. The standard InChI is InChI=1S/C14H21N3S/c1-11-8-12(10-15-13-2-3-13)9-14(16-11)17-4-6-18-7-5-17/h8-9,13,15H,2-7,10H2,1H3. The molecule has 1 aliphatic heterocycles. The fraction of sp³-hybridized carbons (Fsp3) is 0.643. The second-order valence-corrected chi connectivity index (χ2v) is 6.45. The molecule has 3 nitrogen and oxygen atoms in total. The fourth-order valence-electron chi connectivity index (χ4n) is 2.33. The quantitative estimate of drug-likeness (QED) is 0.901. The minimum atomic E-state index is 0.772. The number of aromatic nitrogens is 1. The molecule has 0 bridgehead atoms. The molecule has 1 aromatic heterocycles. The van der Waals surface area contributed by atoms with Crippen LogP contribution in [-0.4, -0.2) is 35.6 Å². The van der Waals surface area contributed by atoms with E-state index >= 15 is 0 Å². The Labute approximate surface area is 113 Å². The van der Waals surface area contributed by atoms with E-state index in [0.717, 1.165) is 31.4 Å². The molecule has 2 fully saturated rings. The highest BCUT2D eigenvalue weighted by molar-refractivity contribution is 7.99. The van der Waals surface area contributed by atoms with Gasteiger partial charge in [-0.2, -0.15) is 11.8 Å². The molecule has 0 unspecified atom stereocenters. The van der Waals surface area contributed by atoms with Crippen LogP contribution < -0.4 is 10.2 Å². The molecule has 1 saturated heterocycles. The number of aryl methyl sites for hydroxylation is 1. The minimum Gasteiger partial charge on any atom is -0.355 e. The highest BCUT2D eigenvalue weighted by Gasteiger charge is 2.20. The van der Waals surface area contributed by atoms with Gasteiger partial charge in [0.05, 0.1) is 0 Å². The lowest BCUT2D eigenvalue weighted by Gasteiger charge is -2.28. The van der Waals surface area contributed by atoms with Crippen LogP contribution in [0.25, 0.3) is 0 Å². The Balaban J connectivity index is 1.71. The summed E-state index contributed by atoms with van der Waals surface area (Å²) in [6, 6.07) is 5.24. The summed E-state index contributed by atoms with van der Waals surface area (Å²) in [6.45, 7) is 5.36. The Morgan fingerprint density at radius 2 is 2.11 bits per heavy atom. The fourth-order valence-corrected chi connectivity index (χ4v) is 3.23. The van der Waals surface area contributed by atoms with Gasteiger partial charge in [-0.25, -0.2) is 4.98 Å². The normalized spacial score (nSPS) is 20.2. The maximum absolute atomic E-state index is 4.69. The number of nitrogens with zero attached hydrogens (tertiary/aromatic N) is 2. The van der Waals surface area contributed by atoms with Crippen LogP contribution in [0.2, 0.25) is 0 Å². The van der Waals surface area contributed by atoms with Gasteiger partial charge in [0.25, 0.3) is 0 Å². The summed E-state index contributed by atoms with van der Waals surface area (Å²) in [6.07, 6.45) is 2.69. The smallest absolute Gasteiger partial charge is 0.129 e. The van der Waals surface area contributed by atoms with E-state index in [1.807, 2.05) is 11.8 Å². The molecule has 1 aromatic rings. The first kappa shape index (κ1) is 12.3. The van der Waals surface area contributed by atoms with Crippen molar-refractivity contribution in [1.29, 1.82) is 0 Å². The van der Waals surface area contributed by atoms with Gasteiger partial charge in [-0.1, -0.05) is 0 Å². The number of hydrogen-bond donors (Lipinski definition) is 1. The largest absolute Gasteiger partial charge is 0.355 e. The van der Waals surface area contributed by atoms with Crippen LogP contribution in [0.3, 0.4) is 0 Å². The van der Waals surface area contributed by atoms with Crippen molar-refractivity contribution in [3.8, 4) is 0 Å². The van der Waals surface area contributed by atoms with E-state index < -0.39 is 0 Å². The average Bonchev–Trinajstić information content (AvgIpc) is 3.21. The molecular weight excluding hydrogens is 242 g/mol. The van der Waals surface area contributed by atoms with Gasteiger partial charge >= 0.3 is 0 Å².